The lowest BCUT2D eigenvalue weighted by Gasteiger charge is -2.09. The normalized spacial score (nSPS) is 12.1. The number of carbonyl (C=O) groups excluding carboxylic acids is 1. The van der Waals surface area contributed by atoms with E-state index in [1.165, 1.54) is 5.56 Å². The van der Waals surface area contributed by atoms with Gasteiger partial charge in [0.2, 0.25) is 0 Å². The fourth-order valence-electron chi connectivity index (χ4n) is 2.00. The van der Waals surface area contributed by atoms with Gasteiger partial charge in [-0.15, -0.1) is 0 Å². The van der Waals surface area contributed by atoms with Gasteiger partial charge in [0.05, 0.1) is 0 Å². The van der Waals surface area contributed by atoms with Crippen LogP contribution in [-0.2, 0) is 0 Å². The minimum absolute atomic E-state index is 0.0377. The molecule has 98 valence electrons. The molecule has 19 heavy (non-hydrogen) atoms. The molecule has 0 saturated carbocycles. The minimum atomic E-state index is 0.0377. The molecule has 0 amide bonds. The molecule has 0 spiro atoms. The van der Waals surface area contributed by atoms with Crippen LogP contribution in [-0.4, -0.2) is 5.78 Å². The summed E-state index contributed by atoms with van der Waals surface area (Å²) in [6.07, 6.45) is 1.10. The van der Waals surface area contributed by atoms with Crippen molar-refractivity contribution < 1.29 is 4.79 Å². The van der Waals surface area contributed by atoms with E-state index in [0.29, 0.717) is 17.2 Å². The molecular weight excluding hydrogens is 234 g/mol. The second-order valence-corrected chi connectivity index (χ2v) is 4.88. The Hall–Kier alpha value is -2.09. The zero-order valence-corrected chi connectivity index (χ0v) is 11.4. The molecule has 0 heterocycles. The van der Waals surface area contributed by atoms with Crippen LogP contribution in [0.4, 0.5) is 5.69 Å². The zero-order chi connectivity index (χ0) is 13.8. The smallest absolute Gasteiger partial charge is 0.193 e. The van der Waals surface area contributed by atoms with Crippen LogP contribution in [0.1, 0.15) is 47.7 Å². The lowest BCUT2D eigenvalue weighted by molar-refractivity contribution is 0.103. The number of hydrogen-bond acceptors (Lipinski definition) is 2. The first-order chi connectivity index (χ1) is 9.11. The van der Waals surface area contributed by atoms with E-state index in [0.717, 1.165) is 12.0 Å². The average molecular weight is 253 g/mol. The first-order valence-electron chi connectivity index (χ1n) is 6.62. The van der Waals surface area contributed by atoms with Crippen LogP contribution in [0.5, 0.6) is 0 Å². The first kappa shape index (κ1) is 13.3. The third-order valence-corrected chi connectivity index (χ3v) is 3.53. The highest BCUT2D eigenvalue weighted by Gasteiger charge is 2.09. The number of anilines is 1. The van der Waals surface area contributed by atoms with Gasteiger partial charge in [-0.25, -0.2) is 0 Å². The molecule has 1 atom stereocenters. The summed E-state index contributed by atoms with van der Waals surface area (Å²) in [6, 6.07) is 14.9. The van der Waals surface area contributed by atoms with Crippen LogP contribution in [0, 0.1) is 0 Å². The maximum Gasteiger partial charge on any atom is 0.193 e. The van der Waals surface area contributed by atoms with Gasteiger partial charge in [-0.05, 0) is 42.2 Å². The van der Waals surface area contributed by atoms with Crippen molar-refractivity contribution in [1.29, 1.82) is 0 Å². The number of nitrogens with two attached hydrogens (primary N) is 1. The Morgan fingerprint density at radius 2 is 1.47 bits per heavy atom. The Balaban J connectivity index is 2.22. The van der Waals surface area contributed by atoms with Gasteiger partial charge in [0.25, 0.3) is 0 Å². The monoisotopic (exact) mass is 253 g/mol. The van der Waals surface area contributed by atoms with E-state index in [2.05, 4.69) is 13.8 Å². The Morgan fingerprint density at radius 1 is 1.00 bits per heavy atom. The quantitative estimate of drug-likeness (QED) is 0.660. The first-order valence-corrected chi connectivity index (χ1v) is 6.62. The summed E-state index contributed by atoms with van der Waals surface area (Å²) in [5.41, 5.74) is 8.96. The molecule has 0 saturated heterocycles. The molecule has 0 bridgehead atoms. The molecule has 0 fully saturated rings. The van der Waals surface area contributed by atoms with Gasteiger partial charge in [0, 0.05) is 16.8 Å². The van der Waals surface area contributed by atoms with Crippen LogP contribution < -0.4 is 5.73 Å². The van der Waals surface area contributed by atoms with Crippen LogP contribution in [0.3, 0.4) is 0 Å². The van der Waals surface area contributed by atoms with E-state index in [4.69, 9.17) is 5.73 Å². The van der Waals surface area contributed by atoms with E-state index in [-0.39, 0.29) is 5.78 Å². The maximum absolute atomic E-state index is 12.3. The minimum Gasteiger partial charge on any atom is -0.399 e. The zero-order valence-electron chi connectivity index (χ0n) is 11.4. The standard InChI is InChI=1S/C17H19NO/c1-3-12(2)13-4-6-14(7-5-13)17(19)15-8-10-16(18)11-9-15/h4-12H,3,18H2,1-2H3. The molecule has 2 rings (SSSR count). The second-order valence-electron chi connectivity index (χ2n) is 4.88. The van der Waals surface area contributed by atoms with Crippen molar-refractivity contribution in [2.75, 3.05) is 5.73 Å². The largest absolute Gasteiger partial charge is 0.399 e. The van der Waals surface area contributed by atoms with E-state index in [1.807, 2.05) is 24.3 Å². The molecule has 0 radical (unpaired) electrons. The van der Waals surface area contributed by atoms with Gasteiger partial charge < -0.3 is 5.73 Å². The Kier molecular flexibility index (Phi) is 4.00. The highest BCUT2D eigenvalue weighted by atomic mass is 16.1. The SMILES string of the molecule is CCC(C)c1ccc(C(=O)c2ccc(N)cc2)cc1. The fraction of sp³-hybridized carbons (Fsp3) is 0.235. The molecule has 2 nitrogen and oxygen atoms in total. The van der Waals surface area contributed by atoms with Crippen molar-refractivity contribution in [2.24, 2.45) is 0 Å². The number of ketones is 1. The molecule has 0 aromatic heterocycles. The van der Waals surface area contributed by atoms with Crippen molar-refractivity contribution in [1.82, 2.24) is 0 Å². The molecule has 2 aromatic carbocycles. The summed E-state index contributed by atoms with van der Waals surface area (Å²) in [5.74, 6) is 0.566. The number of rotatable bonds is 4. The van der Waals surface area contributed by atoms with E-state index < -0.39 is 0 Å². The predicted octanol–water partition coefficient (Wildman–Crippen LogP) is 4.01. The molecule has 1 unspecified atom stereocenters. The summed E-state index contributed by atoms with van der Waals surface area (Å²) in [6.45, 7) is 4.36. The van der Waals surface area contributed by atoms with Crippen molar-refractivity contribution in [3.8, 4) is 0 Å². The topological polar surface area (TPSA) is 43.1 Å². The third-order valence-electron chi connectivity index (χ3n) is 3.53. The number of carbonyl (C=O) groups is 1. The fourth-order valence-corrected chi connectivity index (χ4v) is 2.00. The molecule has 0 aliphatic carbocycles. The summed E-state index contributed by atoms with van der Waals surface area (Å²) in [4.78, 5) is 12.3. The van der Waals surface area contributed by atoms with Gasteiger partial charge in [-0.1, -0.05) is 38.1 Å². The van der Waals surface area contributed by atoms with Crippen LogP contribution in [0.25, 0.3) is 0 Å². The van der Waals surface area contributed by atoms with Gasteiger partial charge in [-0.3, -0.25) is 4.79 Å². The Bertz CT molecular complexity index is 555. The molecule has 0 aliphatic heterocycles. The second kappa shape index (κ2) is 5.70. The maximum atomic E-state index is 12.3. The van der Waals surface area contributed by atoms with Crippen molar-refractivity contribution >= 4 is 11.5 Å². The van der Waals surface area contributed by atoms with Crippen LogP contribution >= 0.6 is 0 Å². The molecule has 0 aliphatic rings. The van der Waals surface area contributed by atoms with Gasteiger partial charge in [-0.2, -0.15) is 0 Å². The summed E-state index contributed by atoms with van der Waals surface area (Å²) in [7, 11) is 0. The lowest BCUT2D eigenvalue weighted by Crippen LogP contribution is -2.02. The van der Waals surface area contributed by atoms with Gasteiger partial charge >= 0.3 is 0 Å². The van der Waals surface area contributed by atoms with Crippen LogP contribution in [0.15, 0.2) is 48.5 Å². The summed E-state index contributed by atoms with van der Waals surface area (Å²) < 4.78 is 0. The molecule has 2 N–H and O–H groups in total. The van der Waals surface area contributed by atoms with E-state index in [1.54, 1.807) is 24.3 Å². The average Bonchev–Trinajstić information content (AvgIpc) is 2.46. The molecule has 2 heteroatoms. The predicted molar refractivity (Wildman–Crippen MR) is 79.4 cm³/mol. The van der Waals surface area contributed by atoms with Gasteiger partial charge in [0.1, 0.15) is 0 Å². The Labute approximate surface area is 114 Å². The summed E-state index contributed by atoms with van der Waals surface area (Å²) >= 11 is 0. The van der Waals surface area contributed by atoms with Crippen molar-refractivity contribution in [3.63, 3.8) is 0 Å². The number of hydrogen-bond donors (Lipinski definition) is 1. The molecule has 2 aromatic rings. The summed E-state index contributed by atoms with van der Waals surface area (Å²) in [5, 5.41) is 0. The van der Waals surface area contributed by atoms with Crippen LogP contribution in [0.2, 0.25) is 0 Å². The third kappa shape index (κ3) is 3.02. The van der Waals surface area contributed by atoms with Crippen molar-refractivity contribution in [3.05, 3.63) is 65.2 Å². The highest BCUT2D eigenvalue weighted by Crippen LogP contribution is 2.20. The lowest BCUT2D eigenvalue weighted by atomic mass is 9.95. The van der Waals surface area contributed by atoms with E-state index >= 15 is 0 Å². The molecular formula is C17H19NO. The van der Waals surface area contributed by atoms with E-state index in [9.17, 15) is 4.79 Å². The number of benzene rings is 2. The van der Waals surface area contributed by atoms with Crippen molar-refractivity contribution in [2.45, 2.75) is 26.2 Å². The van der Waals surface area contributed by atoms with Gasteiger partial charge in [0.15, 0.2) is 5.78 Å². The Morgan fingerprint density at radius 3 is 1.95 bits per heavy atom. The number of nitrogen functional groups attached to an aromatic ring is 1. The highest BCUT2D eigenvalue weighted by molar-refractivity contribution is 6.09.